The standard InChI is InChI=1S/C24H40N2O3.2C2H6.CH5N.CH4O/c1-5-16-26(24(28)19-22(29-4)18-20(3)6-2)17-10-13-23(27)25-15-14-21-11-8-7-9-12-21;4*1-2/h7-9,11-12,20,22H,5-6,10,13-19H2,1-4H3,(H,25,27);2*1-2H3;2H2,1H3;2H,1H3. The summed E-state index contributed by atoms with van der Waals surface area (Å²) in [5.41, 5.74) is 5.72. The van der Waals surface area contributed by atoms with Gasteiger partial charge in [0.15, 0.2) is 0 Å². The maximum atomic E-state index is 12.7. The molecule has 1 rings (SSSR count). The van der Waals surface area contributed by atoms with Crippen LogP contribution in [0, 0.1) is 5.92 Å². The van der Waals surface area contributed by atoms with Gasteiger partial charge in [-0.25, -0.2) is 0 Å². The smallest absolute Gasteiger partial charge is 0.225 e. The van der Waals surface area contributed by atoms with E-state index in [9.17, 15) is 9.59 Å². The molecule has 37 heavy (non-hydrogen) atoms. The third-order valence-electron chi connectivity index (χ3n) is 5.35. The molecule has 1 aromatic carbocycles. The molecule has 0 spiro atoms. The van der Waals surface area contributed by atoms with Crippen molar-refractivity contribution >= 4 is 11.8 Å². The van der Waals surface area contributed by atoms with E-state index in [-0.39, 0.29) is 17.9 Å². The van der Waals surface area contributed by atoms with Crippen molar-refractivity contribution in [3.8, 4) is 0 Å². The molecule has 2 atom stereocenters. The van der Waals surface area contributed by atoms with Crippen LogP contribution in [0.25, 0.3) is 0 Å². The van der Waals surface area contributed by atoms with Crippen LogP contribution >= 0.6 is 0 Å². The number of nitrogens with two attached hydrogens (primary N) is 1. The Morgan fingerprint density at radius 1 is 1.03 bits per heavy atom. The molecule has 0 bridgehead atoms. The van der Waals surface area contributed by atoms with E-state index in [2.05, 4.69) is 44.0 Å². The van der Waals surface area contributed by atoms with Gasteiger partial charge in [0.25, 0.3) is 0 Å². The molecule has 0 saturated heterocycles. The Morgan fingerprint density at radius 3 is 2.08 bits per heavy atom. The second kappa shape index (κ2) is 34.0. The summed E-state index contributed by atoms with van der Waals surface area (Å²) in [7, 11) is 4.18. The third-order valence-corrected chi connectivity index (χ3v) is 5.35. The molecule has 0 aromatic heterocycles. The summed E-state index contributed by atoms with van der Waals surface area (Å²) < 4.78 is 5.53. The fourth-order valence-corrected chi connectivity index (χ4v) is 3.34. The van der Waals surface area contributed by atoms with E-state index in [4.69, 9.17) is 9.84 Å². The first-order chi connectivity index (χ1) is 18.0. The molecule has 2 amide bonds. The van der Waals surface area contributed by atoms with Gasteiger partial charge in [0, 0.05) is 40.3 Å². The predicted octanol–water partition coefficient (Wildman–Crippen LogP) is 5.44. The number of nitrogens with zero attached hydrogens (tertiary/aromatic N) is 1. The van der Waals surface area contributed by atoms with Gasteiger partial charge in [-0.05, 0) is 44.2 Å². The van der Waals surface area contributed by atoms with E-state index in [1.54, 1.807) is 7.11 Å². The van der Waals surface area contributed by atoms with Crippen LogP contribution < -0.4 is 11.1 Å². The zero-order valence-electron chi connectivity index (χ0n) is 25.8. The Balaban J connectivity index is -0.000000617. The van der Waals surface area contributed by atoms with Crippen molar-refractivity contribution in [3.05, 3.63) is 35.9 Å². The van der Waals surface area contributed by atoms with E-state index in [0.717, 1.165) is 39.3 Å². The fraction of sp³-hybridized carbons (Fsp3) is 0.733. The van der Waals surface area contributed by atoms with E-state index < -0.39 is 0 Å². The number of carbonyl (C=O) groups excluding carboxylic acids is 2. The van der Waals surface area contributed by atoms with Gasteiger partial charge in [-0.2, -0.15) is 0 Å². The molecule has 0 aliphatic carbocycles. The number of amides is 2. The highest BCUT2D eigenvalue weighted by Crippen LogP contribution is 2.16. The summed E-state index contributed by atoms with van der Waals surface area (Å²) in [4.78, 5) is 26.7. The van der Waals surface area contributed by atoms with Crippen molar-refractivity contribution in [2.24, 2.45) is 11.7 Å². The Bertz CT molecular complexity index is 585. The summed E-state index contributed by atoms with van der Waals surface area (Å²) in [6, 6.07) is 10.1. The lowest BCUT2D eigenvalue weighted by Crippen LogP contribution is -2.36. The lowest BCUT2D eigenvalue weighted by Gasteiger charge is -2.25. The van der Waals surface area contributed by atoms with Crippen molar-refractivity contribution in [2.45, 2.75) is 99.5 Å². The van der Waals surface area contributed by atoms with Gasteiger partial charge >= 0.3 is 0 Å². The van der Waals surface area contributed by atoms with Crippen LogP contribution in [0.15, 0.2) is 30.3 Å². The first-order valence-corrected chi connectivity index (χ1v) is 14.1. The lowest BCUT2D eigenvalue weighted by atomic mass is 9.99. The quantitative estimate of drug-likeness (QED) is 0.282. The SMILES string of the molecule is CC.CC.CCCN(CCCC(=O)NCCc1ccccc1)C(=O)CC(CC(C)CC)OC.CN.CO. The number of hydrogen-bond acceptors (Lipinski definition) is 5. The van der Waals surface area contributed by atoms with Gasteiger partial charge < -0.3 is 25.8 Å². The van der Waals surface area contributed by atoms with Crippen molar-refractivity contribution in [1.82, 2.24) is 10.2 Å². The first-order valence-electron chi connectivity index (χ1n) is 14.1. The minimum Gasteiger partial charge on any atom is -0.400 e. The van der Waals surface area contributed by atoms with E-state index in [1.807, 2.05) is 50.8 Å². The Hall–Kier alpha value is -1.96. The number of rotatable bonds is 15. The van der Waals surface area contributed by atoms with Crippen LogP contribution in [0.2, 0.25) is 0 Å². The first kappa shape index (κ1) is 42.1. The topological polar surface area (TPSA) is 105 Å². The molecule has 0 heterocycles. The Morgan fingerprint density at radius 2 is 1.59 bits per heavy atom. The molecule has 0 radical (unpaired) electrons. The molecule has 0 aliphatic heterocycles. The van der Waals surface area contributed by atoms with Crippen LogP contribution in [-0.2, 0) is 20.7 Å². The minimum absolute atomic E-state index is 0.0295. The van der Waals surface area contributed by atoms with E-state index in [0.29, 0.717) is 38.3 Å². The lowest BCUT2D eigenvalue weighted by molar-refractivity contribution is -0.134. The van der Waals surface area contributed by atoms with E-state index >= 15 is 0 Å². The van der Waals surface area contributed by atoms with Gasteiger partial charge in [0.1, 0.15) is 0 Å². The monoisotopic (exact) mass is 527 g/mol. The average Bonchev–Trinajstić information content (AvgIpc) is 2.96. The molecule has 4 N–H and O–H groups in total. The molecule has 1 aromatic rings. The summed E-state index contributed by atoms with van der Waals surface area (Å²) in [6.07, 6.45) is 5.27. The zero-order valence-corrected chi connectivity index (χ0v) is 25.8. The van der Waals surface area contributed by atoms with Gasteiger partial charge in [0.2, 0.25) is 11.8 Å². The second-order valence-electron chi connectivity index (χ2n) is 7.88. The van der Waals surface area contributed by atoms with E-state index in [1.165, 1.54) is 12.6 Å². The molecule has 0 fully saturated rings. The van der Waals surface area contributed by atoms with Gasteiger partial charge in [-0.3, -0.25) is 9.59 Å². The van der Waals surface area contributed by atoms with Crippen molar-refractivity contribution < 1.29 is 19.4 Å². The van der Waals surface area contributed by atoms with Crippen LogP contribution in [0.3, 0.4) is 0 Å². The van der Waals surface area contributed by atoms with Crippen LogP contribution in [0.5, 0.6) is 0 Å². The molecule has 0 saturated carbocycles. The molecular formula is C30H61N3O4. The second-order valence-corrected chi connectivity index (χ2v) is 7.88. The summed E-state index contributed by atoms with van der Waals surface area (Å²) in [5, 5.41) is 9.97. The molecule has 0 aliphatic rings. The normalized spacial score (nSPS) is 10.8. The van der Waals surface area contributed by atoms with Gasteiger partial charge in [-0.15, -0.1) is 0 Å². The molecular weight excluding hydrogens is 466 g/mol. The highest BCUT2D eigenvalue weighted by Gasteiger charge is 2.20. The fourth-order valence-electron chi connectivity index (χ4n) is 3.34. The van der Waals surface area contributed by atoms with Crippen LogP contribution in [0.4, 0.5) is 0 Å². The number of ether oxygens (including phenoxy) is 1. The largest absolute Gasteiger partial charge is 0.400 e. The molecule has 7 heteroatoms. The molecule has 7 nitrogen and oxygen atoms in total. The summed E-state index contributed by atoms with van der Waals surface area (Å²) in [5.74, 6) is 0.731. The number of aliphatic hydroxyl groups excluding tert-OH is 1. The minimum atomic E-state index is -0.0295. The van der Waals surface area contributed by atoms with Crippen molar-refractivity contribution in [3.63, 3.8) is 0 Å². The van der Waals surface area contributed by atoms with Gasteiger partial charge in [-0.1, -0.05) is 85.2 Å². The Kier molecular flexibility index (Phi) is 38.8. The van der Waals surface area contributed by atoms with Gasteiger partial charge in [0.05, 0.1) is 12.5 Å². The number of carbonyl (C=O) groups is 2. The number of benzene rings is 1. The maximum absolute atomic E-state index is 12.7. The highest BCUT2D eigenvalue weighted by molar-refractivity contribution is 5.77. The number of nitrogens with one attached hydrogen (secondary N) is 1. The van der Waals surface area contributed by atoms with Crippen molar-refractivity contribution in [2.75, 3.05) is 40.9 Å². The predicted molar refractivity (Wildman–Crippen MR) is 160 cm³/mol. The summed E-state index contributed by atoms with van der Waals surface area (Å²) in [6.45, 7) is 16.4. The summed E-state index contributed by atoms with van der Waals surface area (Å²) >= 11 is 0. The van der Waals surface area contributed by atoms with Crippen molar-refractivity contribution in [1.29, 1.82) is 0 Å². The number of hydrogen-bond donors (Lipinski definition) is 3. The number of methoxy groups -OCH3 is 1. The molecule has 220 valence electrons. The van der Waals surface area contributed by atoms with Crippen LogP contribution in [-0.4, -0.2) is 68.8 Å². The molecule has 2 unspecified atom stereocenters. The third kappa shape index (κ3) is 25.5. The maximum Gasteiger partial charge on any atom is 0.225 e. The highest BCUT2D eigenvalue weighted by atomic mass is 16.5. The zero-order chi connectivity index (χ0) is 29.5. The number of aliphatic hydroxyl groups is 1. The van der Waals surface area contributed by atoms with Crippen LogP contribution in [0.1, 0.15) is 92.6 Å². The average molecular weight is 528 g/mol. The Labute approximate surface area is 229 Å².